The van der Waals surface area contributed by atoms with Gasteiger partial charge in [0.2, 0.25) is 0 Å². The first-order valence-electron chi connectivity index (χ1n) is 8.73. The van der Waals surface area contributed by atoms with Gasteiger partial charge < -0.3 is 9.16 Å². The number of halogens is 1. The molecule has 0 aliphatic carbocycles. The number of alkyl halides is 1. The molecule has 2 heterocycles. The van der Waals surface area contributed by atoms with Crippen molar-refractivity contribution < 1.29 is 9.16 Å². The van der Waals surface area contributed by atoms with Crippen LogP contribution in [0.25, 0.3) is 0 Å². The maximum Gasteiger partial charge on any atom is 0.330 e. The maximum atomic E-state index is 12.2. The topological polar surface area (TPSA) is 73.3 Å². The molecule has 1 aliphatic heterocycles. The highest BCUT2D eigenvalue weighted by atomic mass is 79.9. The second kappa shape index (κ2) is 7.50. The molecule has 1 aromatic heterocycles. The highest BCUT2D eigenvalue weighted by Crippen LogP contribution is 2.41. The van der Waals surface area contributed by atoms with Crippen molar-refractivity contribution in [2.45, 2.75) is 82.4 Å². The number of hydrogen-bond acceptors (Lipinski definition) is 4. The molecule has 142 valence electrons. The SMILES string of the molecule is CC[C@H]1O[C@@H](n2cc(CBr)c(=O)[nH]c2=O)CC1O[Si](C)(C)C(C)(C)C. The van der Waals surface area contributed by atoms with E-state index in [1.54, 1.807) is 6.20 Å². The van der Waals surface area contributed by atoms with Crippen LogP contribution < -0.4 is 11.2 Å². The summed E-state index contributed by atoms with van der Waals surface area (Å²) < 4.78 is 14.1. The number of ether oxygens (including phenoxy) is 1. The van der Waals surface area contributed by atoms with Crippen LogP contribution in [0.1, 0.15) is 52.3 Å². The van der Waals surface area contributed by atoms with Crippen LogP contribution >= 0.6 is 15.9 Å². The summed E-state index contributed by atoms with van der Waals surface area (Å²) in [6.07, 6.45) is 2.51. The van der Waals surface area contributed by atoms with E-state index in [9.17, 15) is 9.59 Å². The molecule has 1 N–H and O–H groups in total. The smallest absolute Gasteiger partial charge is 0.330 e. The van der Waals surface area contributed by atoms with Crippen molar-refractivity contribution in [1.82, 2.24) is 9.55 Å². The molecule has 1 aromatic rings. The van der Waals surface area contributed by atoms with Gasteiger partial charge in [-0.15, -0.1) is 0 Å². The van der Waals surface area contributed by atoms with Crippen molar-refractivity contribution in [3.8, 4) is 0 Å². The summed E-state index contributed by atoms with van der Waals surface area (Å²) in [5.41, 5.74) is -0.301. The van der Waals surface area contributed by atoms with Crippen molar-refractivity contribution in [2.24, 2.45) is 0 Å². The van der Waals surface area contributed by atoms with Gasteiger partial charge in [-0.05, 0) is 24.6 Å². The Bertz CT molecular complexity index is 723. The van der Waals surface area contributed by atoms with Crippen molar-refractivity contribution >= 4 is 24.2 Å². The molecule has 6 nitrogen and oxygen atoms in total. The van der Waals surface area contributed by atoms with E-state index in [0.717, 1.165) is 6.42 Å². The molecule has 1 fully saturated rings. The summed E-state index contributed by atoms with van der Waals surface area (Å²) in [7, 11) is -1.93. The van der Waals surface area contributed by atoms with E-state index in [-0.39, 0.29) is 22.8 Å². The summed E-state index contributed by atoms with van der Waals surface area (Å²) in [6.45, 7) is 13.1. The van der Waals surface area contributed by atoms with Gasteiger partial charge in [0.15, 0.2) is 8.32 Å². The number of aromatic nitrogens is 2. The predicted octanol–water partition coefficient (Wildman–Crippen LogP) is 3.52. The molecule has 0 spiro atoms. The fourth-order valence-electron chi connectivity index (χ4n) is 2.75. The third kappa shape index (κ3) is 4.35. The third-order valence-corrected chi connectivity index (χ3v) is 10.4. The highest BCUT2D eigenvalue weighted by molar-refractivity contribution is 9.08. The van der Waals surface area contributed by atoms with Crippen LogP contribution in [-0.4, -0.2) is 30.1 Å². The molecule has 0 saturated carbocycles. The van der Waals surface area contributed by atoms with Crippen LogP contribution in [-0.2, 0) is 14.5 Å². The van der Waals surface area contributed by atoms with E-state index in [1.807, 2.05) is 0 Å². The fourth-order valence-corrected chi connectivity index (χ4v) is 4.51. The predicted molar refractivity (Wildman–Crippen MR) is 105 cm³/mol. The summed E-state index contributed by atoms with van der Waals surface area (Å²) in [4.78, 5) is 26.3. The second-order valence-corrected chi connectivity index (χ2v) is 13.5. The fraction of sp³-hybridized carbons (Fsp3) is 0.765. The molecule has 8 heteroatoms. The molecule has 0 bridgehead atoms. The van der Waals surface area contributed by atoms with E-state index in [4.69, 9.17) is 9.16 Å². The Morgan fingerprint density at radius 3 is 2.56 bits per heavy atom. The average molecular weight is 433 g/mol. The zero-order chi connectivity index (χ0) is 19.0. The van der Waals surface area contributed by atoms with Gasteiger partial charge in [-0.1, -0.05) is 43.6 Å². The average Bonchev–Trinajstić information content (AvgIpc) is 2.88. The minimum atomic E-state index is -1.93. The Balaban J connectivity index is 2.28. The van der Waals surface area contributed by atoms with E-state index < -0.39 is 20.2 Å². The molecule has 0 radical (unpaired) electrons. The first-order chi connectivity index (χ1) is 11.5. The minimum Gasteiger partial charge on any atom is -0.411 e. The van der Waals surface area contributed by atoms with Crippen LogP contribution in [0.3, 0.4) is 0 Å². The first-order valence-corrected chi connectivity index (χ1v) is 12.8. The van der Waals surface area contributed by atoms with Crippen LogP contribution in [0.4, 0.5) is 0 Å². The molecule has 25 heavy (non-hydrogen) atoms. The normalized spacial score (nSPS) is 24.7. The van der Waals surface area contributed by atoms with E-state index in [0.29, 0.717) is 17.3 Å². The highest BCUT2D eigenvalue weighted by Gasteiger charge is 2.44. The summed E-state index contributed by atoms with van der Waals surface area (Å²) in [5, 5.41) is 0.498. The molecule has 3 atom stereocenters. The second-order valence-electron chi connectivity index (χ2n) is 8.14. The summed E-state index contributed by atoms with van der Waals surface area (Å²) >= 11 is 3.28. The number of nitrogens with zero attached hydrogens (tertiary/aromatic N) is 1. The van der Waals surface area contributed by atoms with Crippen LogP contribution in [0.5, 0.6) is 0 Å². The van der Waals surface area contributed by atoms with Crippen LogP contribution in [0.2, 0.25) is 18.1 Å². The van der Waals surface area contributed by atoms with Gasteiger partial charge in [-0.25, -0.2) is 4.79 Å². The summed E-state index contributed by atoms with van der Waals surface area (Å²) in [5.74, 6) is 0. The number of hydrogen-bond donors (Lipinski definition) is 1. The van der Waals surface area contributed by atoms with E-state index >= 15 is 0 Å². The Hall–Kier alpha value is -0.703. The van der Waals surface area contributed by atoms with Crippen molar-refractivity contribution in [3.63, 3.8) is 0 Å². The molecular weight excluding hydrogens is 404 g/mol. The lowest BCUT2D eigenvalue weighted by molar-refractivity contribution is -0.0198. The Morgan fingerprint density at radius 1 is 1.40 bits per heavy atom. The molecule has 0 amide bonds. The zero-order valence-electron chi connectivity index (χ0n) is 15.9. The number of nitrogens with one attached hydrogen (secondary N) is 1. The van der Waals surface area contributed by atoms with Gasteiger partial charge in [-0.2, -0.15) is 0 Å². The molecule has 0 aromatic carbocycles. The standard InChI is InChI=1S/C17H29BrN2O4Si/c1-7-12-13(24-25(5,6)17(2,3)4)8-14(23-12)20-10-11(9-18)15(21)19-16(20)22/h10,12-14H,7-9H2,1-6H3,(H,19,21,22)/t12-,13?,14-/m1/s1. The van der Waals surface area contributed by atoms with Gasteiger partial charge in [-0.3, -0.25) is 14.3 Å². The number of rotatable bonds is 5. The quantitative estimate of drug-likeness (QED) is 0.570. The monoisotopic (exact) mass is 432 g/mol. The van der Waals surface area contributed by atoms with Crippen molar-refractivity contribution in [1.29, 1.82) is 0 Å². The lowest BCUT2D eigenvalue weighted by Gasteiger charge is -2.39. The molecule has 2 rings (SSSR count). The summed E-state index contributed by atoms with van der Waals surface area (Å²) in [6, 6.07) is 0. The van der Waals surface area contributed by atoms with Crippen LogP contribution in [0.15, 0.2) is 15.8 Å². The molecule has 1 unspecified atom stereocenters. The Morgan fingerprint density at radius 2 is 2.04 bits per heavy atom. The van der Waals surface area contributed by atoms with E-state index in [1.165, 1.54) is 4.57 Å². The lowest BCUT2D eigenvalue weighted by atomic mass is 10.1. The maximum absolute atomic E-state index is 12.2. The Kier molecular flexibility index (Phi) is 6.18. The molecular formula is C17H29BrN2O4Si. The van der Waals surface area contributed by atoms with Crippen LogP contribution in [0, 0.1) is 0 Å². The minimum absolute atomic E-state index is 0.0397. The van der Waals surface area contributed by atoms with Crippen molar-refractivity contribution in [2.75, 3.05) is 0 Å². The largest absolute Gasteiger partial charge is 0.411 e. The van der Waals surface area contributed by atoms with Crippen molar-refractivity contribution in [3.05, 3.63) is 32.6 Å². The molecule has 1 aliphatic rings. The number of aromatic amines is 1. The first kappa shape index (κ1) is 20.6. The van der Waals surface area contributed by atoms with Gasteiger partial charge >= 0.3 is 5.69 Å². The van der Waals surface area contributed by atoms with Gasteiger partial charge in [0.05, 0.1) is 12.2 Å². The lowest BCUT2D eigenvalue weighted by Crippen LogP contribution is -2.45. The Labute approximate surface area is 158 Å². The number of H-pyrrole nitrogens is 1. The third-order valence-electron chi connectivity index (χ3n) is 5.33. The van der Waals surface area contributed by atoms with E-state index in [2.05, 4.69) is 61.7 Å². The zero-order valence-corrected chi connectivity index (χ0v) is 18.5. The molecule has 1 saturated heterocycles. The van der Waals surface area contributed by atoms with Gasteiger partial charge in [0, 0.05) is 23.5 Å². The van der Waals surface area contributed by atoms with Gasteiger partial charge in [0.25, 0.3) is 5.56 Å². The van der Waals surface area contributed by atoms with Gasteiger partial charge in [0.1, 0.15) is 6.23 Å².